The van der Waals surface area contributed by atoms with Gasteiger partial charge >= 0.3 is 5.97 Å². The molecular weight excluding hydrogens is 462 g/mol. The number of Topliss-reactive ketones (excluding diaryl/α,β-unsaturated/α-hetero) is 1. The van der Waals surface area contributed by atoms with E-state index >= 15 is 0 Å². The van der Waals surface area contributed by atoms with Crippen LogP contribution in [0.4, 0.5) is 4.39 Å². The van der Waals surface area contributed by atoms with Crippen LogP contribution in [0.3, 0.4) is 0 Å². The van der Waals surface area contributed by atoms with Gasteiger partial charge in [-0.05, 0) is 36.8 Å². The van der Waals surface area contributed by atoms with Crippen LogP contribution in [0.1, 0.15) is 27.7 Å². The standard InChI is InChI=1S/C21H17Cl2FN4O4/c1-11-26-10-28(27-11)14-7-16(22)18(17(23)8-14)20(30)25-9-15(19(29)21(31)32-2)12-4-3-5-13(24)6-12/h3-8,10,15H,9H2,1-2H3,(H,25,30). The van der Waals surface area contributed by atoms with Crippen LogP contribution in [0.5, 0.6) is 0 Å². The van der Waals surface area contributed by atoms with Crippen molar-refractivity contribution in [1.82, 2.24) is 20.1 Å². The molecule has 3 rings (SSSR count). The van der Waals surface area contributed by atoms with Gasteiger partial charge in [-0.2, -0.15) is 5.10 Å². The van der Waals surface area contributed by atoms with E-state index in [2.05, 4.69) is 20.1 Å². The Morgan fingerprint density at radius 2 is 1.88 bits per heavy atom. The van der Waals surface area contributed by atoms with Crippen LogP contribution in [-0.2, 0) is 14.3 Å². The second-order valence-electron chi connectivity index (χ2n) is 6.69. The minimum Gasteiger partial charge on any atom is -0.463 e. The zero-order valence-corrected chi connectivity index (χ0v) is 18.4. The monoisotopic (exact) mass is 478 g/mol. The Balaban J connectivity index is 1.84. The fourth-order valence-electron chi connectivity index (χ4n) is 2.99. The molecule has 1 heterocycles. The van der Waals surface area contributed by atoms with Gasteiger partial charge in [-0.1, -0.05) is 35.3 Å². The molecule has 1 aromatic heterocycles. The van der Waals surface area contributed by atoms with Gasteiger partial charge in [0, 0.05) is 6.54 Å². The predicted molar refractivity (Wildman–Crippen MR) is 115 cm³/mol. The molecule has 1 unspecified atom stereocenters. The van der Waals surface area contributed by atoms with Gasteiger partial charge in [0.2, 0.25) is 5.78 Å². The highest BCUT2D eigenvalue weighted by molar-refractivity contribution is 6.40. The summed E-state index contributed by atoms with van der Waals surface area (Å²) < 4.78 is 19.6. The Hall–Kier alpha value is -3.30. The van der Waals surface area contributed by atoms with Crippen LogP contribution in [0.2, 0.25) is 10.0 Å². The van der Waals surface area contributed by atoms with Gasteiger partial charge in [-0.15, -0.1) is 0 Å². The van der Waals surface area contributed by atoms with Gasteiger partial charge in [0.05, 0.1) is 34.3 Å². The van der Waals surface area contributed by atoms with Gasteiger partial charge in [0.15, 0.2) is 0 Å². The van der Waals surface area contributed by atoms with Crippen LogP contribution in [0.15, 0.2) is 42.7 Å². The zero-order chi connectivity index (χ0) is 23.4. The first kappa shape index (κ1) is 23.4. The van der Waals surface area contributed by atoms with Crippen molar-refractivity contribution in [3.63, 3.8) is 0 Å². The van der Waals surface area contributed by atoms with Gasteiger partial charge in [0.1, 0.15) is 18.0 Å². The average molecular weight is 479 g/mol. The number of halogens is 3. The molecule has 1 N–H and O–H groups in total. The van der Waals surface area contributed by atoms with E-state index in [1.165, 1.54) is 41.3 Å². The maximum atomic E-state index is 13.7. The van der Waals surface area contributed by atoms with Crippen LogP contribution in [0, 0.1) is 12.7 Å². The maximum absolute atomic E-state index is 13.7. The number of carbonyl (C=O) groups excluding carboxylic acids is 3. The predicted octanol–water partition coefficient (Wildman–Crippen LogP) is 3.28. The van der Waals surface area contributed by atoms with E-state index in [9.17, 15) is 18.8 Å². The number of ether oxygens (including phenoxy) is 1. The molecule has 3 aromatic rings. The van der Waals surface area contributed by atoms with Gasteiger partial charge in [-0.3, -0.25) is 9.59 Å². The highest BCUT2D eigenvalue weighted by Gasteiger charge is 2.29. The molecule has 166 valence electrons. The number of methoxy groups -OCH3 is 1. The first-order valence-corrected chi connectivity index (χ1v) is 10.0. The van der Waals surface area contributed by atoms with Crippen molar-refractivity contribution in [3.8, 4) is 5.69 Å². The second-order valence-corrected chi connectivity index (χ2v) is 7.51. The number of rotatable bonds is 7. The lowest BCUT2D eigenvalue weighted by molar-refractivity contribution is -0.152. The summed E-state index contributed by atoms with van der Waals surface area (Å²) in [4.78, 5) is 41.0. The minimum absolute atomic E-state index is 0.0302. The van der Waals surface area contributed by atoms with Crippen LogP contribution < -0.4 is 5.32 Å². The number of ketones is 1. The number of nitrogens with one attached hydrogen (secondary N) is 1. The van der Waals surface area contributed by atoms with Crippen molar-refractivity contribution in [3.05, 3.63) is 75.5 Å². The zero-order valence-electron chi connectivity index (χ0n) is 16.9. The molecule has 8 nitrogen and oxygen atoms in total. The lowest BCUT2D eigenvalue weighted by Crippen LogP contribution is -2.35. The molecule has 32 heavy (non-hydrogen) atoms. The summed E-state index contributed by atoms with van der Waals surface area (Å²) in [6.07, 6.45) is 1.47. The molecule has 0 bridgehead atoms. The summed E-state index contributed by atoms with van der Waals surface area (Å²) in [5, 5.41) is 6.77. The highest BCUT2D eigenvalue weighted by Crippen LogP contribution is 2.28. The van der Waals surface area contributed by atoms with Crippen molar-refractivity contribution >= 4 is 40.9 Å². The Morgan fingerprint density at radius 3 is 2.44 bits per heavy atom. The summed E-state index contributed by atoms with van der Waals surface area (Å²) in [7, 11) is 1.05. The Labute approximate surface area is 192 Å². The summed E-state index contributed by atoms with van der Waals surface area (Å²) in [6.45, 7) is 1.40. The minimum atomic E-state index is -1.17. The summed E-state index contributed by atoms with van der Waals surface area (Å²) in [5.74, 6) is -3.96. The molecular formula is C21H17Cl2FN4O4. The quantitative estimate of drug-likeness (QED) is 0.412. The average Bonchev–Trinajstić information content (AvgIpc) is 3.19. The summed E-state index contributed by atoms with van der Waals surface area (Å²) in [5.41, 5.74) is 0.669. The van der Waals surface area contributed by atoms with Crippen molar-refractivity contribution in [2.75, 3.05) is 13.7 Å². The number of aryl methyl sites for hydroxylation is 1. The SMILES string of the molecule is COC(=O)C(=O)C(CNC(=O)c1c(Cl)cc(-n2cnc(C)n2)cc1Cl)c1cccc(F)c1. The third-order valence-corrected chi connectivity index (χ3v) is 5.14. The van der Waals surface area contributed by atoms with E-state index in [4.69, 9.17) is 23.2 Å². The number of amides is 1. The fourth-order valence-corrected chi connectivity index (χ4v) is 3.64. The topological polar surface area (TPSA) is 103 Å². The molecule has 0 saturated heterocycles. The molecule has 0 spiro atoms. The number of carbonyl (C=O) groups is 3. The third kappa shape index (κ3) is 5.12. The van der Waals surface area contributed by atoms with Crippen molar-refractivity contribution in [2.24, 2.45) is 0 Å². The van der Waals surface area contributed by atoms with Gasteiger partial charge < -0.3 is 10.1 Å². The molecule has 0 radical (unpaired) electrons. The molecule has 11 heteroatoms. The number of benzene rings is 2. The van der Waals surface area contributed by atoms with E-state index in [1.54, 1.807) is 6.92 Å². The van der Waals surface area contributed by atoms with Gasteiger partial charge in [-0.25, -0.2) is 18.9 Å². The summed E-state index contributed by atoms with van der Waals surface area (Å²) >= 11 is 12.6. The largest absolute Gasteiger partial charge is 0.463 e. The van der Waals surface area contributed by atoms with Crippen LogP contribution >= 0.6 is 23.2 Å². The van der Waals surface area contributed by atoms with Crippen molar-refractivity contribution in [2.45, 2.75) is 12.8 Å². The smallest absolute Gasteiger partial charge is 0.375 e. The molecule has 1 amide bonds. The second kappa shape index (κ2) is 9.88. The number of nitrogens with zero attached hydrogens (tertiary/aromatic N) is 3. The summed E-state index contributed by atoms with van der Waals surface area (Å²) in [6, 6.07) is 8.13. The van der Waals surface area contributed by atoms with E-state index in [0.29, 0.717) is 11.5 Å². The molecule has 1 atom stereocenters. The molecule has 0 aliphatic heterocycles. The number of hydrogen-bond donors (Lipinski definition) is 1. The fraction of sp³-hybridized carbons (Fsp3) is 0.190. The first-order valence-electron chi connectivity index (χ1n) is 9.24. The lowest BCUT2D eigenvalue weighted by Gasteiger charge is -2.17. The van der Waals surface area contributed by atoms with Crippen LogP contribution in [-0.4, -0.2) is 46.1 Å². The van der Waals surface area contributed by atoms with Crippen molar-refractivity contribution in [1.29, 1.82) is 0 Å². The number of hydrogen-bond acceptors (Lipinski definition) is 6. The normalized spacial score (nSPS) is 11.7. The van der Waals surface area contributed by atoms with E-state index in [1.807, 2.05) is 0 Å². The molecule has 2 aromatic carbocycles. The lowest BCUT2D eigenvalue weighted by atomic mass is 9.94. The van der Waals surface area contributed by atoms with E-state index in [-0.39, 0.29) is 27.7 Å². The molecule has 0 saturated carbocycles. The number of aromatic nitrogens is 3. The van der Waals surface area contributed by atoms with Gasteiger partial charge in [0.25, 0.3) is 5.91 Å². The molecule has 0 aliphatic carbocycles. The highest BCUT2D eigenvalue weighted by atomic mass is 35.5. The third-order valence-electron chi connectivity index (χ3n) is 4.55. The van der Waals surface area contributed by atoms with E-state index in [0.717, 1.165) is 13.2 Å². The van der Waals surface area contributed by atoms with Crippen LogP contribution in [0.25, 0.3) is 5.69 Å². The Kier molecular flexibility index (Phi) is 7.22. The molecule has 0 fully saturated rings. The Morgan fingerprint density at radius 1 is 1.19 bits per heavy atom. The van der Waals surface area contributed by atoms with Crippen molar-refractivity contribution < 1.29 is 23.5 Å². The van der Waals surface area contributed by atoms with E-state index < -0.39 is 29.4 Å². The molecule has 0 aliphatic rings. The maximum Gasteiger partial charge on any atom is 0.375 e. The first-order chi connectivity index (χ1) is 15.2. The number of esters is 1. The Bertz CT molecular complexity index is 1180.